The van der Waals surface area contributed by atoms with E-state index in [1.807, 2.05) is 13.8 Å². The largest absolute Gasteiger partial charge is 0.352 e. The number of nitrogens with one attached hydrogen (secondary N) is 1. The Labute approximate surface area is 200 Å². The summed E-state index contributed by atoms with van der Waals surface area (Å²) >= 11 is 5.84. The molecule has 2 aromatic carbocycles. The molecule has 0 unspecified atom stereocenters. The van der Waals surface area contributed by atoms with E-state index in [0.717, 1.165) is 24.1 Å². The third-order valence-corrected chi connectivity index (χ3v) is 8.07. The fourth-order valence-electron chi connectivity index (χ4n) is 3.99. The van der Waals surface area contributed by atoms with Crippen molar-refractivity contribution in [3.63, 3.8) is 0 Å². The van der Waals surface area contributed by atoms with Gasteiger partial charge in [-0.1, -0.05) is 25.4 Å². The molecule has 0 fully saturated rings. The number of amides is 2. The Hall–Kier alpha value is -2.42. The number of sulfonamides is 1. The van der Waals surface area contributed by atoms with Crippen molar-refractivity contribution >= 4 is 39.1 Å². The second-order valence-corrected chi connectivity index (χ2v) is 10.3. The van der Waals surface area contributed by atoms with Gasteiger partial charge in [-0.15, -0.1) is 0 Å². The number of carbonyl (C=O) groups is 2. The van der Waals surface area contributed by atoms with Crippen LogP contribution in [0, 0.1) is 0 Å². The monoisotopic (exact) mass is 491 g/mol. The number of anilines is 1. The highest BCUT2D eigenvalue weighted by Crippen LogP contribution is 2.31. The van der Waals surface area contributed by atoms with Gasteiger partial charge in [-0.2, -0.15) is 4.31 Å². The zero-order valence-electron chi connectivity index (χ0n) is 19.0. The van der Waals surface area contributed by atoms with Crippen LogP contribution in [0.1, 0.15) is 49.0 Å². The van der Waals surface area contributed by atoms with E-state index in [-0.39, 0.29) is 16.7 Å². The Bertz CT molecular complexity index is 1100. The fourth-order valence-corrected chi connectivity index (χ4v) is 5.62. The Balaban J connectivity index is 1.60. The van der Waals surface area contributed by atoms with Gasteiger partial charge >= 0.3 is 0 Å². The molecule has 0 saturated heterocycles. The Morgan fingerprint density at radius 1 is 1.09 bits per heavy atom. The summed E-state index contributed by atoms with van der Waals surface area (Å²) in [6, 6.07) is 11.7. The van der Waals surface area contributed by atoms with Crippen molar-refractivity contribution in [2.45, 2.75) is 44.4 Å². The lowest BCUT2D eigenvalue weighted by Crippen LogP contribution is -2.36. The minimum atomic E-state index is -3.54. The molecule has 0 aliphatic carbocycles. The Kier molecular flexibility index (Phi) is 8.51. The molecular weight excluding hydrogens is 462 g/mol. The van der Waals surface area contributed by atoms with E-state index >= 15 is 0 Å². The molecule has 33 heavy (non-hydrogen) atoms. The van der Waals surface area contributed by atoms with Crippen molar-refractivity contribution in [3.05, 3.63) is 58.6 Å². The topological polar surface area (TPSA) is 86.8 Å². The lowest BCUT2D eigenvalue weighted by atomic mass is 10.0. The molecule has 178 valence electrons. The maximum atomic E-state index is 12.9. The molecule has 1 heterocycles. The maximum Gasteiger partial charge on any atom is 0.251 e. The molecule has 0 atom stereocenters. The molecular formula is C24H30ClN3O4S. The molecule has 2 amide bonds. The number of halogens is 1. The second-order valence-electron chi connectivity index (χ2n) is 7.90. The number of aryl methyl sites for hydroxylation is 1. The molecule has 9 heteroatoms. The highest BCUT2D eigenvalue weighted by Gasteiger charge is 2.26. The third kappa shape index (κ3) is 5.93. The van der Waals surface area contributed by atoms with Gasteiger partial charge in [0.05, 0.1) is 4.90 Å². The Morgan fingerprint density at radius 2 is 1.79 bits per heavy atom. The van der Waals surface area contributed by atoms with E-state index in [9.17, 15) is 18.0 Å². The highest BCUT2D eigenvalue weighted by molar-refractivity contribution is 7.89. The summed E-state index contributed by atoms with van der Waals surface area (Å²) in [6.45, 7) is 5.44. The van der Waals surface area contributed by atoms with E-state index in [1.165, 1.54) is 4.31 Å². The van der Waals surface area contributed by atoms with E-state index in [1.54, 1.807) is 47.4 Å². The van der Waals surface area contributed by atoms with Crippen LogP contribution in [-0.2, 0) is 21.2 Å². The molecule has 1 aliphatic rings. The number of carbonyl (C=O) groups excluding carboxylic acids is 2. The van der Waals surface area contributed by atoms with Gasteiger partial charge in [-0.25, -0.2) is 8.42 Å². The highest BCUT2D eigenvalue weighted by atomic mass is 35.5. The summed E-state index contributed by atoms with van der Waals surface area (Å²) in [7, 11) is -3.54. The molecule has 3 rings (SSSR count). The van der Waals surface area contributed by atoms with Crippen molar-refractivity contribution in [1.29, 1.82) is 0 Å². The van der Waals surface area contributed by atoms with Crippen LogP contribution in [0.25, 0.3) is 0 Å². The van der Waals surface area contributed by atoms with Crippen LogP contribution in [0.4, 0.5) is 5.69 Å². The molecule has 7 nitrogen and oxygen atoms in total. The average Bonchev–Trinajstić information content (AvgIpc) is 2.81. The van der Waals surface area contributed by atoms with Gasteiger partial charge in [0.15, 0.2) is 0 Å². The van der Waals surface area contributed by atoms with Gasteiger partial charge in [0, 0.05) is 48.9 Å². The smallest absolute Gasteiger partial charge is 0.251 e. The molecule has 0 saturated carbocycles. The first kappa shape index (κ1) is 25.2. The third-order valence-electron chi connectivity index (χ3n) is 5.77. The lowest BCUT2D eigenvalue weighted by Gasteiger charge is -2.30. The van der Waals surface area contributed by atoms with E-state index < -0.39 is 10.0 Å². The first-order valence-corrected chi connectivity index (χ1v) is 13.1. The average molecular weight is 492 g/mol. The zero-order chi connectivity index (χ0) is 24.0. The van der Waals surface area contributed by atoms with Crippen LogP contribution in [-0.4, -0.2) is 50.7 Å². The van der Waals surface area contributed by atoms with E-state index in [4.69, 9.17) is 11.6 Å². The quantitative estimate of drug-likeness (QED) is 0.539. The van der Waals surface area contributed by atoms with Crippen molar-refractivity contribution in [1.82, 2.24) is 9.62 Å². The van der Waals surface area contributed by atoms with Crippen molar-refractivity contribution < 1.29 is 18.0 Å². The molecule has 2 aromatic rings. The fraction of sp³-hybridized carbons (Fsp3) is 0.417. The van der Waals surface area contributed by atoms with Crippen LogP contribution in [0.2, 0.25) is 5.02 Å². The van der Waals surface area contributed by atoms with Gasteiger partial charge in [0.25, 0.3) is 5.91 Å². The van der Waals surface area contributed by atoms with E-state index in [2.05, 4.69) is 5.32 Å². The van der Waals surface area contributed by atoms with Gasteiger partial charge < -0.3 is 10.2 Å². The van der Waals surface area contributed by atoms with Gasteiger partial charge in [0.2, 0.25) is 15.9 Å². The minimum Gasteiger partial charge on any atom is -0.352 e. The summed E-state index contributed by atoms with van der Waals surface area (Å²) in [5.74, 6) is -0.236. The molecule has 0 aromatic heterocycles. The van der Waals surface area contributed by atoms with Crippen LogP contribution in [0.3, 0.4) is 0 Å². The van der Waals surface area contributed by atoms with Crippen LogP contribution >= 0.6 is 11.6 Å². The number of hydrogen-bond acceptors (Lipinski definition) is 4. The van der Waals surface area contributed by atoms with Crippen LogP contribution in [0.15, 0.2) is 47.4 Å². The van der Waals surface area contributed by atoms with Crippen molar-refractivity contribution in [2.75, 3.05) is 31.1 Å². The van der Waals surface area contributed by atoms with E-state index in [0.29, 0.717) is 49.6 Å². The van der Waals surface area contributed by atoms with Crippen molar-refractivity contribution in [2.24, 2.45) is 0 Å². The van der Waals surface area contributed by atoms with Gasteiger partial charge in [-0.05, 0) is 67.3 Å². The summed E-state index contributed by atoms with van der Waals surface area (Å²) < 4.78 is 27.1. The molecule has 0 spiro atoms. The molecule has 1 aliphatic heterocycles. The number of hydrogen-bond donors (Lipinski definition) is 1. The predicted molar refractivity (Wildman–Crippen MR) is 130 cm³/mol. The molecule has 1 N–H and O–H groups in total. The first-order chi connectivity index (χ1) is 15.8. The SMILES string of the molecule is CCN(CC)S(=O)(=O)c1ccc2c(c1)CCCN2C(=O)CCCNC(=O)c1ccc(Cl)cc1. The van der Waals surface area contributed by atoms with Gasteiger partial charge in [0.1, 0.15) is 0 Å². The maximum absolute atomic E-state index is 12.9. The molecule has 0 bridgehead atoms. The first-order valence-electron chi connectivity index (χ1n) is 11.2. The Morgan fingerprint density at radius 3 is 2.45 bits per heavy atom. The standard InChI is InChI=1S/C24H30ClN3O4S/c1-3-27(4-2)33(31,32)21-13-14-22-19(17-21)7-6-16-28(22)23(29)8-5-15-26-24(30)18-9-11-20(25)12-10-18/h9-14,17H,3-8,15-16H2,1-2H3,(H,26,30). The second kappa shape index (κ2) is 11.1. The zero-order valence-corrected chi connectivity index (χ0v) is 20.6. The minimum absolute atomic E-state index is 0.0314. The predicted octanol–water partition coefficient (Wildman–Crippen LogP) is 3.86. The summed E-state index contributed by atoms with van der Waals surface area (Å²) in [4.78, 5) is 27.0. The number of rotatable bonds is 9. The summed E-state index contributed by atoms with van der Waals surface area (Å²) in [6.07, 6.45) is 2.32. The summed E-state index contributed by atoms with van der Waals surface area (Å²) in [5.41, 5.74) is 2.17. The number of benzene rings is 2. The normalized spacial score (nSPS) is 13.6. The van der Waals surface area contributed by atoms with Crippen LogP contribution in [0.5, 0.6) is 0 Å². The van der Waals surface area contributed by atoms with Crippen LogP contribution < -0.4 is 10.2 Å². The van der Waals surface area contributed by atoms with Crippen molar-refractivity contribution in [3.8, 4) is 0 Å². The lowest BCUT2D eigenvalue weighted by molar-refractivity contribution is -0.118. The van der Waals surface area contributed by atoms with Gasteiger partial charge in [-0.3, -0.25) is 9.59 Å². The molecule has 0 radical (unpaired) electrons. The number of fused-ring (bicyclic) bond motifs is 1. The summed E-state index contributed by atoms with van der Waals surface area (Å²) in [5, 5.41) is 3.38. The number of nitrogens with zero attached hydrogens (tertiary/aromatic N) is 2.